The summed E-state index contributed by atoms with van der Waals surface area (Å²) in [6.45, 7) is -0.494. The number of nitrogen functional groups attached to an aromatic ring is 1. The first-order valence-corrected chi connectivity index (χ1v) is 5.50. The molecular weight excluding hydrogens is 266 g/mol. The van der Waals surface area contributed by atoms with E-state index in [0.29, 0.717) is 0 Å². The van der Waals surface area contributed by atoms with Crippen LogP contribution in [0.3, 0.4) is 0 Å². The minimum atomic E-state index is -1.40. The molecular formula is C9H12ClN3O5. The van der Waals surface area contributed by atoms with Gasteiger partial charge in [-0.05, 0) is 0 Å². The number of ether oxygens (including phenoxy) is 1. The van der Waals surface area contributed by atoms with Crippen molar-refractivity contribution >= 4 is 17.3 Å². The maximum Gasteiger partial charge on any atom is 0.290 e. The van der Waals surface area contributed by atoms with Crippen molar-refractivity contribution in [1.82, 2.24) is 9.78 Å². The molecule has 0 bridgehead atoms. The third-order valence-electron chi connectivity index (χ3n) is 2.73. The van der Waals surface area contributed by atoms with Gasteiger partial charge in [-0.25, -0.2) is 0 Å². The molecule has 0 aromatic carbocycles. The molecule has 2 rings (SSSR count). The predicted octanol–water partition coefficient (Wildman–Crippen LogP) is -1.91. The van der Waals surface area contributed by atoms with Gasteiger partial charge in [0.2, 0.25) is 0 Å². The molecule has 1 fully saturated rings. The largest absolute Gasteiger partial charge is 0.396 e. The zero-order valence-electron chi connectivity index (χ0n) is 9.10. The average Bonchev–Trinajstić information content (AvgIpc) is 2.64. The minimum absolute atomic E-state index is 0.00431. The van der Waals surface area contributed by atoms with Crippen LogP contribution in [0.5, 0.6) is 0 Å². The Hall–Kier alpha value is -1.19. The molecule has 4 atom stereocenters. The van der Waals surface area contributed by atoms with Crippen LogP contribution in [0.1, 0.15) is 6.23 Å². The molecule has 9 heteroatoms. The fourth-order valence-corrected chi connectivity index (χ4v) is 1.86. The number of hydrogen-bond donors (Lipinski definition) is 4. The van der Waals surface area contributed by atoms with Crippen molar-refractivity contribution in [2.75, 3.05) is 12.3 Å². The molecule has 1 aliphatic rings. The van der Waals surface area contributed by atoms with E-state index in [0.717, 1.165) is 10.9 Å². The van der Waals surface area contributed by atoms with E-state index >= 15 is 0 Å². The number of nitrogens with two attached hydrogens (primary N) is 1. The Morgan fingerprint density at radius 3 is 2.72 bits per heavy atom. The van der Waals surface area contributed by atoms with E-state index in [4.69, 9.17) is 27.2 Å². The lowest BCUT2D eigenvalue weighted by atomic mass is 10.1. The van der Waals surface area contributed by atoms with Crippen LogP contribution in [0.25, 0.3) is 0 Å². The zero-order chi connectivity index (χ0) is 13.4. The summed E-state index contributed by atoms with van der Waals surface area (Å²) in [5.74, 6) is 0. The second kappa shape index (κ2) is 4.82. The number of aliphatic hydroxyl groups excluding tert-OH is 3. The highest BCUT2D eigenvalue weighted by molar-refractivity contribution is 6.32. The van der Waals surface area contributed by atoms with Crippen LogP contribution in [0.15, 0.2) is 11.0 Å². The van der Waals surface area contributed by atoms with E-state index in [1.54, 1.807) is 0 Å². The van der Waals surface area contributed by atoms with Crippen molar-refractivity contribution in [3.05, 3.63) is 21.6 Å². The molecule has 1 aromatic rings. The number of anilines is 1. The van der Waals surface area contributed by atoms with Gasteiger partial charge < -0.3 is 25.8 Å². The molecule has 1 aliphatic heterocycles. The van der Waals surface area contributed by atoms with Gasteiger partial charge in [0.15, 0.2) is 6.23 Å². The van der Waals surface area contributed by atoms with Gasteiger partial charge >= 0.3 is 0 Å². The van der Waals surface area contributed by atoms with Crippen molar-refractivity contribution in [3.63, 3.8) is 0 Å². The Kier molecular flexibility index (Phi) is 3.55. The van der Waals surface area contributed by atoms with Crippen molar-refractivity contribution in [1.29, 1.82) is 0 Å². The Morgan fingerprint density at radius 2 is 2.17 bits per heavy atom. The van der Waals surface area contributed by atoms with Crippen molar-refractivity contribution in [2.45, 2.75) is 24.5 Å². The molecule has 0 radical (unpaired) electrons. The summed E-state index contributed by atoms with van der Waals surface area (Å²) in [4.78, 5) is 11.8. The van der Waals surface area contributed by atoms with Crippen LogP contribution >= 0.6 is 11.6 Å². The summed E-state index contributed by atoms with van der Waals surface area (Å²) in [6.07, 6.45) is -3.78. The molecule has 18 heavy (non-hydrogen) atoms. The number of nitrogens with zero attached hydrogens (tertiary/aromatic N) is 2. The molecule has 0 amide bonds. The van der Waals surface area contributed by atoms with Crippen LogP contribution in [0, 0.1) is 0 Å². The third kappa shape index (κ3) is 1.98. The molecule has 5 N–H and O–H groups in total. The first-order valence-electron chi connectivity index (χ1n) is 5.12. The minimum Gasteiger partial charge on any atom is -0.396 e. The summed E-state index contributed by atoms with van der Waals surface area (Å²) < 4.78 is 5.93. The summed E-state index contributed by atoms with van der Waals surface area (Å²) in [5.41, 5.74) is 4.66. The molecule has 1 saturated heterocycles. The van der Waals surface area contributed by atoms with Gasteiger partial charge in [0.1, 0.15) is 23.3 Å². The molecule has 100 valence electrons. The van der Waals surface area contributed by atoms with E-state index in [1.165, 1.54) is 0 Å². The van der Waals surface area contributed by atoms with Crippen molar-refractivity contribution < 1.29 is 20.1 Å². The Labute approximate surface area is 106 Å². The molecule has 0 saturated carbocycles. The van der Waals surface area contributed by atoms with E-state index in [2.05, 4.69) is 5.10 Å². The second-order valence-electron chi connectivity index (χ2n) is 3.89. The van der Waals surface area contributed by atoms with E-state index < -0.39 is 36.7 Å². The van der Waals surface area contributed by atoms with Crippen LogP contribution in [-0.2, 0) is 4.74 Å². The summed E-state index contributed by atoms with van der Waals surface area (Å²) in [6, 6.07) is 0. The fourth-order valence-electron chi connectivity index (χ4n) is 1.72. The fraction of sp³-hybridized carbons (Fsp3) is 0.556. The SMILES string of the molecule is Nc1cnn(C2O[C@H](CO)[C@@H](O)[C@H]2O)c(=O)c1Cl. The highest BCUT2D eigenvalue weighted by Gasteiger charge is 2.44. The zero-order valence-corrected chi connectivity index (χ0v) is 9.86. The smallest absolute Gasteiger partial charge is 0.290 e. The summed E-state index contributed by atoms with van der Waals surface area (Å²) >= 11 is 5.67. The van der Waals surface area contributed by atoms with Gasteiger partial charge in [0.25, 0.3) is 5.56 Å². The third-order valence-corrected chi connectivity index (χ3v) is 3.11. The number of aliphatic hydroxyl groups is 3. The molecule has 0 spiro atoms. The second-order valence-corrected chi connectivity index (χ2v) is 4.27. The predicted molar refractivity (Wildman–Crippen MR) is 60.9 cm³/mol. The van der Waals surface area contributed by atoms with E-state index in [1.807, 2.05) is 0 Å². The maximum absolute atomic E-state index is 11.8. The Bertz CT molecular complexity index is 507. The lowest BCUT2D eigenvalue weighted by molar-refractivity contribution is -0.0609. The number of rotatable bonds is 2. The lowest BCUT2D eigenvalue weighted by Crippen LogP contribution is -2.36. The molecule has 0 aliphatic carbocycles. The Balaban J connectivity index is 2.39. The average molecular weight is 278 g/mol. The first kappa shape index (κ1) is 13.2. The monoisotopic (exact) mass is 277 g/mol. The van der Waals surface area contributed by atoms with Gasteiger partial charge in [-0.15, -0.1) is 0 Å². The molecule has 1 aromatic heterocycles. The normalized spacial score (nSPS) is 31.8. The highest BCUT2D eigenvalue weighted by Crippen LogP contribution is 2.28. The van der Waals surface area contributed by atoms with Crippen molar-refractivity contribution in [2.24, 2.45) is 0 Å². The molecule has 2 heterocycles. The number of halogens is 1. The van der Waals surface area contributed by atoms with Gasteiger partial charge in [-0.3, -0.25) is 4.79 Å². The van der Waals surface area contributed by atoms with Gasteiger partial charge in [0.05, 0.1) is 18.5 Å². The topological polar surface area (TPSA) is 131 Å². The van der Waals surface area contributed by atoms with Crippen LogP contribution in [-0.4, -0.2) is 50.0 Å². The maximum atomic E-state index is 11.8. The van der Waals surface area contributed by atoms with Crippen LogP contribution < -0.4 is 11.3 Å². The van der Waals surface area contributed by atoms with Gasteiger partial charge in [-0.2, -0.15) is 9.78 Å². The summed E-state index contributed by atoms with van der Waals surface area (Å²) in [5, 5.41) is 31.7. The van der Waals surface area contributed by atoms with E-state index in [9.17, 15) is 15.0 Å². The van der Waals surface area contributed by atoms with Gasteiger partial charge in [-0.1, -0.05) is 11.6 Å². The Morgan fingerprint density at radius 1 is 1.50 bits per heavy atom. The van der Waals surface area contributed by atoms with Crippen molar-refractivity contribution in [3.8, 4) is 0 Å². The van der Waals surface area contributed by atoms with E-state index in [-0.39, 0.29) is 10.7 Å². The highest BCUT2D eigenvalue weighted by atomic mass is 35.5. The first-order chi connectivity index (χ1) is 8.47. The quantitative estimate of drug-likeness (QED) is 0.496. The lowest BCUT2D eigenvalue weighted by Gasteiger charge is -2.16. The van der Waals surface area contributed by atoms with Crippen LogP contribution in [0.4, 0.5) is 5.69 Å². The standard InChI is InChI=1S/C9H12ClN3O5/c10-5-3(11)1-12-13(8(5)17)9-7(16)6(15)4(2-14)18-9/h1,4,6-7,9,14-16H,2,11H2/t4-,6-,7-,9?/m1/s1. The van der Waals surface area contributed by atoms with Crippen LogP contribution in [0.2, 0.25) is 5.02 Å². The molecule has 1 unspecified atom stereocenters. The van der Waals surface area contributed by atoms with Gasteiger partial charge in [0, 0.05) is 0 Å². The molecule has 8 nitrogen and oxygen atoms in total. The number of aromatic nitrogens is 2. The number of hydrogen-bond acceptors (Lipinski definition) is 7. The summed E-state index contributed by atoms with van der Waals surface area (Å²) in [7, 11) is 0.